The molecule has 0 aliphatic heterocycles. The minimum atomic E-state index is -0.911. The van der Waals surface area contributed by atoms with Gasteiger partial charge in [-0.15, -0.1) is 0 Å². The number of benzene rings is 2. The second-order valence-electron chi connectivity index (χ2n) is 4.74. The van der Waals surface area contributed by atoms with Gasteiger partial charge in [0.1, 0.15) is 0 Å². The third-order valence-electron chi connectivity index (χ3n) is 3.27. The molecule has 130 valence electrons. The van der Waals surface area contributed by atoms with Crippen LogP contribution in [0.15, 0.2) is 36.4 Å². The summed E-state index contributed by atoms with van der Waals surface area (Å²) in [4.78, 5) is 32.2. The molecule has 25 heavy (non-hydrogen) atoms. The van der Waals surface area contributed by atoms with Gasteiger partial charge < -0.3 is 14.8 Å². The van der Waals surface area contributed by atoms with Crippen LogP contribution in [-0.4, -0.2) is 30.0 Å². The number of anilines is 1. The number of methoxy groups -OCH3 is 2. The zero-order valence-electron chi connectivity index (χ0n) is 13.2. The summed E-state index contributed by atoms with van der Waals surface area (Å²) in [6, 6.07) is 7.55. The van der Waals surface area contributed by atoms with Crippen LogP contribution in [-0.2, 0) is 0 Å². The zero-order valence-corrected chi connectivity index (χ0v) is 13.2. The van der Waals surface area contributed by atoms with Gasteiger partial charge in [0.05, 0.1) is 24.1 Å². The summed E-state index contributed by atoms with van der Waals surface area (Å²) in [6.45, 7) is 0. The summed E-state index contributed by atoms with van der Waals surface area (Å²) in [5.41, 5.74) is -1.17. The molecule has 0 atom stereocenters. The van der Waals surface area contributed by atoms with Crippen molar-refractivity contribution in [1.82, 2.24) is 0 Å². The van der Waals surface area contributed by atoms with Crippen LogP contribution < -0.4 is 14.8 Å². The maximum Gasteiger partial charge on any atom is 0.346 e. The van der Waals surface area contributed by atoms with Crippen molar-refractivity contribution < 1.29 is 24.1 Å². The van der Waals surface area contributed by atoms with E-state index in [0.29, 0.717) is 17.2 Å². The van der Waals surface area contributed by atoms with Gasteiger partial charge in [0.2, 0.25) is 0 Å². The zero-order chi connectivity index (χ0) is 18.6. The van der Waals surface area contributed by atoms with E-state index in [1.165, 1.54) is 20.3 Å². The topological polar surface area (TPSA) is 134 Å². The number of ether oxygens (including phenoxy) is 2. The molecule has 0 aromatic heterocycles. The van der Waals surface area contributed by atoms with Gasteiger partial charge in [-0.2, -0.15) is 0 Å². The van der Waals surface area contributed by atoms with Crippen LogP contribution in [0.2, 0.25) is 0 Å². The molecule has 2 aromatic rings. The molecule has 0 aliphatic carbocycles. The lowest BCUT2D eigenvalue weighted by Gasteiger charge is -2.10. The summed E-state index contributed by atoms with van der Waals surface area (Å²) in [7, 11) is 2.90. The van der Waals surface area contributed by atoms with Crippen molar-refractivity contribution in [3.05, 3.63) is 62.2 Å². The number of carbonyl (C=O) groups is 1. The second-order valence-corrected chi connectivity index (χ2v) is 4.74. The van der Waals surface area contributed by atoms with Crippen LogP contribution >= 0.6 is 0 Å². The van der Waals surface area contributed by atoms with Gasteiger partial charge in [0, 0.05) is 29.4 Å². The molecule has 1 amide bonds. The number of nitrogens with zero attached hydrogens (tertiary/aromatic N) is 2. The predicted octanol–water partition coefficient (Wildman–Crippen LogP) is 2.77. The molecular weight excluding hydrogens is 334 g/mol. The highest BCUT2D eigenvalue weighted by atomic mass is 16.6. The Labute approximate surface area is 141 Å². The molecule has 0 fully saturated rings. The van der Waals surface area contributed by atoms with Gasteiger partial charge in [0.15, 0.2) is 11.5 Å². The van der Waals surface area contributed by atoms with E-state index in [0.717, 1.165) is 18.2 Å². The number of nitro groups is 2. The predicted molar refractivity (Wildman–Crippen MR) is 87.2 cm³/mol. The summed E-state index contributed by atoms with van der Waals surface area (Å²) >= 11 is 0. The Morgan fingerprint density at radius 2 is 1.56 bits per heavy atom. The lowest BCUT2D eigenvalue weighted by atomic mass is 10.1. The van der Waals surface area contributed by atoms with Crippen molar-refractivity contribution in [3.63, 3.8) is 0 Å². The highest BCUT2D eigenvalue weighted by Crippen LogP contribution is 2.31. The number of carbonyl (C=O) groups excluding carboxylic acids is 1. The Morgan fingerprint density at radius 1 is 0.920 bits per heavy atom. The van der Waals surface area contributed by atoms with Crippen LogP contribution in [0.5, 0.6) is 11.5 Å². The third-order valence-corrected chi connectivity index (χ3v) is 3.27. The molecular formula is C15H13N3O7. The highest BCUT2D eigenvalue weighted by molar-refractivity contribution is 6.05. The normalized spacial score (nSPS) is 10.0. The molecule has 0 bridgehead atoms. The first kappa shape index (κ1) is 17.7. The van der Waals surface area contributed by atoms with E-state index in [9.17, 15) is 25.0 Å². The summed E-state index contributed by atoms with van der Waals surface area (Å²) in [5, 5.41) is 24.3. The number of nitrogens with one attached hydrogen (secondary N) is 1. The Balaban J connectivity index is 2.31. The lowest BCUT2D eigenvalue weighted by molar-refractivity contribution is -0.422. The average Bonchev–Trinajstić information content (AvgIpc) is 2.60. The summed E-state index contributed by atoms with van der Waals surface area (Å²) < 4.78 is 10.2. The Kier molecular flexibility index (Phi) is 5.12. The van der Waals surface area contributed by atoms with Crippen molar-refractivity contribution >= 4 is 23.0 Å². The minimum absolute atomic E-state index is 0.0907. The molecule has 0 aliphatic rings. The van der Waals surface area contributed by atoms with E-state index in [2.05, 4.69) is 5.32 Å². The molecule has 0 saturated heterocycles. The van der Waals surface area contributed by atoms with Crippen molar-refractivity contribution in [2.45, 2.75) is 0 Å². The molecule has 10 nitrogen and oxygen atoms in total. The van der Waals surface area contributed by atoms with E-state index in [-0.39, 0.29) is 5.56 Å². The first-order valence-corrected chi connectivity index (χ1v) is 6.83. The Morgan fingerprint density at radius 3 is 2.12 bits per heavy atom. The van der Waals surface area contributed by atoms with Crippen LogP contribution in [0.3, 0.4) is 0 Å². The van der Waals surface area contributed by atoms with E-state index >= 15 is 0 Å². The number of rotatable bonds is 6. The van der Waals surface area contributed by atoms with Crippen molar-refractivity contribution in [3.8, 4) is 11.5 Å². The van der Waals surface area contributed by atoms with Gasteiger partial charge in [0.25, 0.3) is 5.91 Å². The molecule has 0 radical (unpaired) electrons. The summed E-state index contributed by atoms with van der Waals surface area (Å²) in [5.74, 6) is 0.187. The SMILES string of the molecule is COc1ccc(NC(=O)c2ccc([N+](=O)[O-])c([N+](=O)[O-])c2)cc1OC. The maximum absolute atomic E-state index is 12.2. The fourth-order valence-corrected chi connectivity index (χ4v) is 2.08. The van der Waals surface area contributed by atoms with E-state index in [1.807, 2.05) is 0 Å². The second kappa shape index (κ2) is 7.25. The number of nitro benzene ring substituents is 2. The third kappa shape index (κ3) is 3.80. The molecule has 2 aromatic carbocycles. The van der Waals surface area contributed by atoms with Crippen LogP contribution in [0.4, 0.5) is 17.1 Å². The Hall–Kier alpha value is -3.69. The Bertz CT molecular complexity index is 851. The molecule has 10 heteroatoms. The number of hydrogen-bond acceptors (Lipinski definition) is 7. The quantitative estimate of drug-likeness (QED) is 0.627. The fraction of sp³-hybridized carbons (Fsp3) is 0.133. The minimum Gasteiger partial charge on any atom is -0.493 e. The van der Waals surface area contributed by atoms with Crippen LogP contribution in [0.1, 0.15) is 10.4 Å². The van der Waals surface area contributed by atoms with Crippen molar-refractivity contribution in [2.24, 2.45) is 0 Å². The molecule has 2 rings (SSSR count). The first-order valence-electron chi connectivity index (χ1n) is 6.83. The van der Waals surface area contributed by atoms with Crippen molar-refractivity contribution in [1.29, 1.82) is 0 Å². The van der Waals surface area contributed by atoms with Gasteiger partial charge >= 0.3 is 11.4 Å². The molecule has 0 saturated carbocycles. The number of amides is 1. The maximum atomic E-state index is 12.2. The summed E-state index contributed by atoms with van der Waals surface area (Å²) in [6.07, 6.45) is 0. The van der Waals surface area contributed by atoms with Gasteiger partial charge in [-0.25, -0.2) is 0 Å². The molecule has 1 N–H and O–H groups in total. The fourth-order valence-electron chi connectivity index (χ4n) is 2.08. The largest absolute Gasteiger partial charge is 0.493 e. The first-order chi connectivity index (χ1) is 11.9. The lowest BCUT2D eigenvalue weighted by Crippen LogP contribution is -2.12. The smallest absolute Gasteiger partial charge is 0.346 e. The van der Waals surface area contributed by atoms with Gasteiger partial charge in [-0.05, 0) is 18.2 Å². The van der Waals surface area contributed by atoms with E-state index < -0.39 is 27.1 Å². The monoisotopic (exact) mass is 347 g/mol. The average molecular weight is 347 g/mol. The highest BCUT2D eigenvalue weighted by Gasteiger charge is 2.25. The molecule has 0 heterocycles. The van der Waals surface area contributed by atoms with E-state index in [4.69, 9.17) is 9.47 Å². The molecule has 0 unspecified atom stereocenters. The van der Waals surface area contributed by atoms with Crippen molar-refractivity contribution in [2.75, 3.05) is 19.5 Å². The van der Waals surface area contributed by atoms with Gasteiger partial charge in [-0.3, -0.25) is 25.0 Å². The molecule has 0 spiro atoms. The standard InChI is InChI=1S/C15H13N3O7/c1-24-13-6-4-10(8-14(13)25-2)16-15(19)9-3-5-11(17(20)21)12(7-9)18(22)23/h3-8H,1-2H3,(H,16,19). The van der Waals surface area contributed by atoms with Gasteiger partial charge in [-0.1, -0.05) is 0 Å². The van der Waals surface area contributed by atoms with Crippen LogP contribution in [0.25, 0.3) is 0 Å². The van der Waals surface area contributed by atoms with Crippen LogP contribution in [0, 0.1) is 20.2 Å². The number of hydrogen-bond donors (Lipinski definition) is 1. The van der Waals surface area contributed by atoms with E-state index in [1.54, 1.807) is 12.1 Å².